The summed E-state index contributed by atoms with van der Waals surface area (Å²) in [5.41, 5.74) is 0. The summed E-state index contributed by atoms with van der Waals surface area (Å²) >= 11 is 0. The van der Waals surface area contributed by atoms with Gasteiger partial charge in [-0.05, 0) is 109 Å². The maximum Gasteiger partial charge on any atom is 0.306 e. The van der Waals surface area contributed by atoms with E-state index in [0.29, 0.717) is 19.3 Å². The van der Waals surface area contributed by atoms with Gasteiger partial charge >= 0.3 is 17.9 Å². The minimum absolute atomic E-state index is 0.0949. The summed E-state index contributed by atoms with van der Waals surface area (Å²) in [6.07, 6.45) is 97.9. The zero-order valence-electron chi connectivity index (χ0n) is 54.4. The van der Waals surface area contributed by atoms with Crippen LogP contribution in [0, 0.1) is 0 Å². The fraction of sp³-hybridized carbons (Fsp3) is 0.701. The zero-order chi connectivity index (χ0) is 59.9. The van der Waals surface area contributed by atoms with Gasteiger partial charge in [-0.15, -0.1) is 0 Å². The van der Waals surface area contributed by atoms with Crippen molar-refractivity contribution in [1.82, 2.24) is 0 Å². The van der Waals surface area contributed by atoms with Crippen molar-refractivity contribution in [1.29, 1.82) is 0 Å². The van der Waals surface area contributed by atoms with Crippen LogP contribution in [0.5, 0.6) is 0 Å². The molecule has 1 unspecified atom stereocenters. The van der Waals surface area contributed by atoms with E-state index in [-0.39, 0.29) is 31.1 Å². The summed E-state index contributed by atoms with van der Waals surface area (Å²) in [4.78, 5) is 38.5. The van der Waals surface area contributed by atoms with Crippen LogP contribution < -0.4 is 0 Å². The van der Waals surface area contributed by atoms with Crippen LogP contribution in [0.15, 0.2) is 122 Å². The first-order valence-electron chi connectivity index (χ1n) is 35.0. The maximum absolute atomic E-state index is 13.0. The molecule has 474 valence electrons. The number of esters is 3. The van der Waals surface area contributed by atoms with Gasteiger partial charge < -0.3 is 14.2 Å². The van der Waals surface area contributed by atoms with Gasteiger partial charge in [0.05, 0.1) is 0 Å². The molecule has 1 atom stereocenters. The average molecular weight is 1150 g/mol. The summed E-state index contributed by atoms with van der Waals surface area (Å²) in [7, 11) is 0. The van der Waals surface area contributed by atoms with Gasteiger partial charge in [-0.1, -0.05) is 322 Å². The normalized spacial score (nSPS) is 12.9. The second kappa shape index (κ2) is 70.3. The Hall–Kier alpha value is -4.19. The first-order valence-corrected chi connectivity index (χ1v) is 35.0. The van der Waals surface area contributed by atoms with E-state index < -0.39 is 6.10 Å². The number of carbonyl (C=O) groups excluding carboxylic acids is 3. The number of hydrogen-bond acceptors (Lipinski definition) is 6. The van der Waals surface area contributed by atoms with Crippen molar-refractivity contribution in [2.45, 2.75) is 335 Å². The van der Waals surface area contributed by atoms with Crippen molar-refractivity contribution < 1.29 is 28.6 Å². The van der Waals surface area contributed by atoms with Crippen LogP contribution in [0.4, 0.5) is 0 Å². The molecule has 0 rings (SSSR count). The third-order valence-corrected chi connectivity index (χ3v) is 15.0. The largest absolute Gasteiger partial charge is 0.462 e. The molecule has 0 aromatic carbocycles. The quantitative estimate of drug-likeness (QED) is 0.0261. The van der Waals surface area contributed by atoms with Gasteiger partial charge in [0.2, 0.25) is 0 Å². The van der Waals surface area contributed by atoms with Crippen molar-refractivity contribution in [2.24, 2.45) is 0 Å². The highest BCUT2D eigenvalue weighted by molar-refractivity contribution is 5.71. The Balaban J connectivity index is 4.44. The van der Waals surface area contributed by atoms with E-state index in [2.05, 4.69) is 142 Å². The van der Waals surface area contributed by atoms with E-state index in [4.69, 9.17) is 14.2 Å². The molecule has 0 fully saturated rings. The Bertz CT molecular complexity index is 1700. The molecule has 0 saturated heterocycles. The van der Waals surface area contributed by atoms with Gasteiger partial charge in [0.15, 0.2) is 6.10 Å². The molecule has 6 heteroatoms. The Kier molecular flexibility index (Phi) is 66.7. The number of carbonyl (C=O) groups is 3. The maximum atomic E-state index is 13.0. The van der Waals surface area contributed by atoms with Gasteiger partial charge in [-0.3, -0.25) is 14.4 Å². The van der Waals surface area contributed by atoms with Crippen LogP contribution in [0.25, 0.3) is 0 Å². The number of rotatable bonds is 63. The third-order valence-electron chi connectivity index (χ3n) is 15.0. The standard InChI is InChI=1S/C77H130O6/c1-4-7-10-13-16-19-22-25-28-31-34-36-38-40-43-46-49-52-55-58-61-64-67-70-76(79)82-73-74(72-81-75(78)69-66-63-60-57-54-51-48-45-42-33-30-27-24-21-18-15-12-9-6-3)83-77(80)71-68-65-62-59-56-53-50-47-44-41-39-37-35-32-29-26-23-20-17-14-11-8-5-2/h7,9-10,12,16,18-19,21,25,27-28,30,34,36,40,42-43,45,51,54,74H,4-6,8,11,13-15,17,20,22-24,26,29,31-33,35,37-39,41,44,46-50,52-53,55-73H2,1-3H3/b10-7-,12-9-,19-16-,21-18-,28-25-,30-27-,36-34-,43-40-,45-42-,54-51-. The van der Waals surface area contributed by atoms with Crippen molar-refractivity contribution in [3.8, 4) is 0 Å². The highest BCUT2D eigenvalue weighted by Crippen LogP contribution is 2.17. The lowest BCUT2D eigenvalue weighted by Crippen LogP contribution is -2.30. The third kappa shape index (κ3) is 68.5. The fourth-order valence-electron chi connectivity index (χ4n) is 9.79. The number of allylic oxidation sites excluding steroid dienone is 20. The lowest BCUT2D eigenvalue weighted by atomic mass is 10.0. The summed E-state index contributed by atoms with van der Waals surface area (Å²) in [5.74, 6) is -0.925. The smallest absolute Gasteiger partial charge is 0.306 e. The molecule has 0 N–H and O–H groups in total. The number of hydrogen-bond donors (Lipinski definition) is 0. The van der Waals surface area contributed by atoms with Crippen molar-refractivity contribution in [2.75, 3.05) is 13.2 Å². The lowest BCUT2D eigenvalue weighted by Gasteiger charge is -2.18. The summed E-state index contributed by atoms with van der Waals surface area (Å²) in [5, 5.41) is 0. The first kappa shape index (κ1) is 78.8. The fourth-order valence-corrected chi connectivity index (χ4v) is 9.79. The van der Waals surface area contributed by atoms with Crippen LogP contribution in [-0.2, 0) is 28.6 Å². The molecule has 0 bridgehead atoms. The molecule has 0 aliphatic carbocycles. The molecule has 0 radical (unpaired) electrons. The van der Waals surface area contributed by atoms with E-state index in [1.54, 1.807) is 0 Å². The molecule has 0 aliphatic rings. The van der Waals surface area contributed by atoms with Gasteiger partial charge in [0.25, 0.3) is 0 Å². The van der Waals surface area contributed by atoms with Crippen molar-refractivity contribution in [3.63, 3.8) is 0 Å². The molecule has 0 spiro atoms. The number of ether oxygens (including phenoxy) is 3. The SMILES string of the molecule is CC/C=C\C/C=C\C/C=C\C/C=C\C/C=C\CCCCCCCCCC(=O)OCC(COC(=O)CCCCC/C=C\C/C=C\C/C=C\C/C=C\C/C=C\CC)OC(=O)CCCCCCCCCCCCCCCCCCCCCCCCC. The van der Waals surface area contributed by atoms with E-state index in [1.807, 2.05) is 0 Å². The zero-order valence-corrected chi connectivity index (χ0v) is 54.4. The van der Waals surface area contributed by atoms with E-state index >= 15 is 0 Å². The highest BCUT2D eigenvalue weighted by atomic mass is 16.6. The molecule has 0 saturated carbocycles. The molecule has 0 aliphatic heterocycles. The Morgan fingerprint density at radius 2 is 0.470 bits per heavy atom. The molecule has 6 nitrogen and oxygen atoms in total. The predicted octanol–water partition coefficient (Wildman–Crippen LogP) is 24.3. The molecule has 83 heavy (non-hydrogen) atoms. The second-order valence-corrected chi connectivity index (χ2v) is 23.0. The monoisotopic (exact) mass is 1150 g/mol. The highest BCUT2D eigenvalue weighted by Gasteiger charge is 2.19. The molecule has 0 aromatic rings. The molecular formula is C77H130O6. The van der Waals surface area contributed by atoms with E-state index in [9.17, 15) is 14.4 Å². The van der Waals surface area contributed by atoms with Crippen LogP contribution in [0.2, 0.25) is 0 Å². The van der Waals surface area contributed by atoms with Gasteiger partial charge in [-0.2, -0.15) is 0 Å². The van der Waals surface area contributed by atoms with E-state index in [1.165, 1.54) is 154 Å². The second-order valence-electron chi connectivity index (χ2n) is 23.0. The Morgan fingerprint density at radius 3 is 0.747 bits per heavy atom. The first-order chi connectivity index (χ1) is 41.0. The van der Waals surface area contributed by atoms with Gasteiger partial charge in [0, 0.05) is 19.3 Å². The lowest BCUT2D eigenvalue weighted by molar-refractivity contribution is -0.167. The Labute approximate surface area is 513 Å². The predicted molar refractivity (Wildman–Crippen MR) is 362 cm³/mol. The van der Waals surface area contributed by atoms with Crippen LogP contribution in [0.3, 0.4) is 0 Å². The molecule has 0 heterocycles. The minimum Gasteiger partial charge on any atom is -0.462 e. The summed E-state index contributed by atoms with van der Waals surface area (Å²) < 4.78 is 17.0. The van der Waals surface area contributed by atoms with Crippen LogP contribution >= 0.6 is 0 Å². The topological polar surface area (TPSA) is 78.9 Å². The van der Waals surface area contributed by atoms with Gasteiger partial charge in [-0.25, -0.2) is 0 Å². The van der Waals surface area contributed by atoms with Crippen LogP contribution in [-0.4, -0.2) is 37.2 Å². The number of unbranched alkanes of at least 4 members (excludes halogenated alkanes) is 32. The molecular weight excluding hydrogens is 1020 g/mol. The van der Waals surface area contributed by atoms with Crippen molar-refractivity contribution >= 4 is 17.9 Å². The molecule has 0 aromatic heterocycles. The van der Waals surface area contributed by atoms with Crippen molar-refractivity contribution in [3.05, 3.63) is 122 Å². The molecule has 0 amide bonds. The Morgan fingerprint density at radius 1 is 0.253 bits per heavy atom. The van der Waals surface area contributed by atoms with E-state index in [0.717, 1.165) is 135 Å². The minimum atomic E-state index is -0.801. The van der Waals surface area contributed by atoms with Crippen LogP contribution in [0.1, 0.15) is 329 Å². The summed E-state index contributed by atoms with van der Waals surface area (Å²) in [6, 6.07) is 0. The average Bonchev–Trinajstić information content (AvgIpc) is 3.49. The van der Waals surface area contributed by atoms with Gasteiger partial charge in [0.1, 0.15) is 13.2 Å². The summed E-state index contributed by atoms with van der Waals surface area (Å²) in [6.45, 7) is 6.42.